The molecule has 0 unspecified atom stereocenters. The lowest BCUT2D eigenvalue weighted by atomic mass is 9.58. The molecule has 0 saturated heterocycles. The number of nitrogens with zero attached hydrogens (tertiary/aromatic N) is 3. The van der Waals surface area contributed by atoms with Crippen molar-refractivity contribution in [2.75, 3.05) is 9.62 Å². The lowest BCUT2D eigenvalue weighted by Gasteiger charge is -2.32. The predicted molar refractivity (Wildman–Crippen MR) is 148 cm³/mol. The van der Waals surface area contributed by atoms with Crippen molar-refractivity contribution in [1.29, 1.82) is 0 Å². The maximum Gasteiger partial charge on any atom is 0.543 e. The van der Waals surface area contributed by atoms with Crippen LogP contribution in [0.1, 0.15) is 47.6 Å². The topological polar surface area (TPSA) is 10.4 Å². The number of fused-ring (bicyclic) bond motifs is 7. The number of para-hydroxylation sites is 2. The van der Waals surface area contributed by atoms with Gasteiger partial charge in [-0.15, -0.1) is 0 Å². The molecule has 0 saturated carbocycles. The van der Waals surface area contributed by atoms with Crippen LogP contribution in [0.2, 0.25) is 0 Å². The monoisotopic (exact) mass is 458 g/mol. The van der Waals surface area contributed by atoms with Gasteiger partial charge < -0.3 is 4.81 Å². The molecular weight excluding hydrogens is 425 g/mol. The third kappa shape index (κ3) is 3.30. The summed E-state index contributed by atoms with van der Waals surface area (Å²) in [7, 11) is 2.19. The highest BCUT2D eigenvalue weighted by Gasteiger charge is 2.55. The van der Waals surface area contributed by atoms with Crippen molar-refractivity contribution in [2.45, 2.75) is 46.5 Å². The van der Waals surface area contributed by atoms with Gasteiger partial charge in [-0.05, 0) is 78.6 Å². The van der Waals surface area contributed by atoms with Crippen LogP contribution in [0, 0.1) is 13.8 Å². The molecule has 0 bridgehead atoms. The normalized spacial score (nSPS) is 14.3. The van der Waals surface area contributed by atoms with Crippen LogP contribution in [0.4, 0.5) is 22.9 Å². The second-order valence-corrected chi connectivity index (χ2v) is 10.4. The number of aryl methyl sites for hydroxylation is 5. The Morgan fingerprint density at radius 2 is 1.43 bits per heavy atom. The largest absolute Gasteiger partial charge is 0.543 e. The summed E-state index contributed by atoms with van der Waals surface area (Å²) in [4.78, 5) is 5.24. The third-order valence-electron chi connectivity index (χ3n) is 7.83. The molecule has 0 N–H and O–H groups in total. The molecule has 4 aromatic rings. The van der Waals surface area contributed by atoms with Gasteiger partial charge in [-0.25, -0.2) is 4.57 Å². The summed E-state index contributed by atoms with van der Waals surface area (Å²) in [6.45, 7) is 9.21. The van der Waals surface area contributed by atoms with Gasteiger partial charge in [0.25, 0.3) is 5.82 Å². The number of benzene rings is 3. The van der Waals surface area contributed by atoms with E-state index in [1.165, 1.54) is 56.2 Å². The van der Waals surface area contributed by atoms with Crippen molar-refractivity contribution in [3.63, 3.8) is 0 Å². The molecule has 0 fully saturated rings. The van der Waals surface area contributed by atoms with E-state index in [4.69, 9.17) is 0 Å². The molecule has 6 rings (SSSR count). The zero-order valence-electron chi connectivity index (χ0n) is 21.4. The molecular formula is C31H33BN3+. The Morgan fingerprint density at radius 1 is 0.743 bits per heavy atom. The fourth-order valence-corrected chi connectivity index (χ4v) is 6.14. The van der Waals surface area contributed by atoms with Crippen LogP contribution in [-0.2, 0) is 19.9 Å². The molecule has 0 amide bonds. The minimum absolute atomic E-state index is 0.0495. The highest BCUT2D eigenvalue weighted by atomic mass is 15.4. The molecule has 0 aliphatic carbocycles. The fraction of sp³-hybridized carbons (Fsp3) is 0.258. The van der Waals surface area contributed by atoms with Gasteiger partial charge in [0.1, 0.15) is 11.4 Å². The lowest BCUT2D eigenvalue weighted by molar-refractivity contribution is -0.657. The molecule has 2 aliphatic heterocycles. The predicted octanol–water partition coefficient (Wildman–Crippen LogP) is 6.04. The molecule has 3 aromatic carbocycles. The van der Waals surface area contributed by atoms with Crippen molar-refractivity contribution in [2.24, 2.45) is 7.05 Å². The Bertz CT molecular complexity index is 1410. The number of aromatic nitrogens is 1. The molecule has 1 aromatic heterocycles. The van der Waals surface area contributed by atoms with E-state index >= 15 is 0 Å². The summed E-state index contributed by atoms with van der Waals surface area (Å²) in [5.74, 6) is 1.70. The minimum Gasteiger partial charge on any atom is -0.332 e. The standard InChI is InChI=1S/C31H33BN3/c1-21(2)26-14-10-13-25-18-17-24-12-7-9-16-28(24)34-30-23(4)19-20-33(5)31(30)35(32(34)29(25)26)27-15-8-6-11-22(27)3/h6-16,19-21H,17-18H2,1-5H3/q+1. The summed E-state index contributed by atoms with van der Waals surface area (Å²) in [5.41, 5.74) is 12.3. The van der Waals surface area contributed by atoms with Gasteiger partial charge in [0, 0.05) is 11.2 Å². The van der Waals surface area contributed by atoms with Gasteiger partial charge in [-0.2, -0.15) is 0 Å². The van der Waals surface area contributed by atoms with Crippen molar-refractivity contribution in [3.05, 3.63) is 107 Å². The van der Waals surface area contributed by atoms with Gasteiger partial charge in [0.15, 0.2) is 0 Å². The Labute approximate surface area is 209 Å². The maximum atomic E-state index is 2.64. The summed E-state index contributed by atoms with van der Waals surface area (Å²) in [6, 6.07) is 27.1. The van der Waals surface area contributed by atoms with Gasteiger partial charge in [0.05, 0.1) is 13.2 Å². The summed E-state index contributed by atoms with van der Waals surface area (Å²) < 4.78 is 2.31. The van der Waals surface area contributed by atoms with Crippen molar-refractivity contribution < 1.29 is 4.57 Å². The van der Waals surface area contributed by atoms with Crippen molar-refractivity contribution in [1.82, 2.24) is 0 Å². The molecule has 4 heteroatoms. The van der Waals surface area contributed by atoms with E-state index in [0.29, 0.717) is 5.92 Å². The summed E-state index contributed by atoms with van der Waals surface area (Å²) in [6.07, 6.45) is 4.31. The van der Waals surface area contributed by atoms with E-state index in [0.717, 1.165) is 12.8 Å². The molecule has 3 nitrogen and oxygen atoms in total. The van der Waals surface area contributed by atoms with Crippen molar-refractivity contribution >= 4 is 35.3 Å². The zero-order valence-corrected chi connectivity index (χ0v) is 21.4. The Morgan fingerprint density at radius 3 is 2.20 bits per heavy atom. The van der Waals surface area contributed by atoms with Gasteiger partial charge in [-0.3, -0.25) is 4.81 Å². The molecule has 0 spiro atoms. The van der Waals surface area contributed by atoms with Gasteiger partial charge in [0.2, 0.25) is 0 Å². The molecule has 0 radical (unpaired) electrons. The van der Waals surface area contributed by atoms with E-state index in [2.05, 4.69) is 128 Å². The van der Waals surface area contributed by atoms with Crippen LogP contribution < -0.4 is 19.7 Å². The average molecular weight is 458 g/mol. The van der Waals surface area contributed by atoms with Crippen LogP contribution in [0.5, 0.6) is 0 Å². The van der Waals surface area contributed by atoms with E-state index < -0.39 is 0 Å². The summed E-state index contributed by atoms with van der Waals surface area (Å²) in [5, 5.41) is 0. The second-order valence-electron chi connectivity index (χ2n) is 10.4. The Hall–Kier alpha value is -3.53. The first-order valence-corrected chi connectivity index (χ1v) is 12.8. The minimum atomic E-state index is 0.0495. The first-order valence-electron chi connectivity index (χ1n) is 12.8. The molecule has 3 heterocycles. The van der Waals surface area contributed by atoms with Crippen LogP contribution in [0.3, 0.4) is 0 Å². The number of anilines is 4. The number of hydrogen-bond acceptors (Lipinski definition) is 2. The van der Waals surface area contributed by atoms with E-state index in [1.54, 1.807) is 0 Å². The van der Waals surface area contributed by atoms with Crippen LogP contribution >= 0.6 is 0 Å². The number of pyridine rings is 1. The second kappa shape index (κ2) is 8.30. The fourth-order valence-electron chi connectivity index (χ4n) is 6.14. The van der Waals surface area contributed by atoms with Crippen LogP contribution in [0.25, 0.3) is 0 Å². The molecule has 2 aliphatic rings. The highest BCUT2D eigenvalue weighted by Crippen LogP contribution is 2.48. The molecule has 35 heavy (non-hydrogen) atoms. The van der Waals surface area contributed by atoms with Crippen LogP contribution in [-0.4, -0.2) is 6.98 Å². The Kier molecular flexibility index (Phi) is 5.21. The van der Waals surface area contributed by atoms with Gasteiger partial charge in [-0.1, -0.05) is 68.4 Å². The SMILES string of the molecule is Cc1ccccc1N1B2c3c(cccc3C(C)C)CCc3ccccc3N2c2c(C)cc[n+](C)c21. The number of rotatable bonds is 2. The highest BCUT2D eigenvalue weighted by molar-refractivity contribution is 6.85. The first-order chi connectivity index (χ1) is 17.0. The van der Waals surface area contributed by atoms with Crippen LogP contribution in [0.15, 0.2) is 79.0 Å². The summed E-state index contributed by atoms with van der Waals surface area (Å²) >= 11 is 0. The smallest absolute Gasteiger partial charge is 0.332 e. The third-order valence-corrected chi connectivity index (χ3v) is 7.83. The first kappa shape index (κ1) is 22.0. The quantitative estimate of drug-likeness (QED) is 0.268. The zero-order chi connectivity index (χ0) is 24.3. The number of hydrogen-bond donors (Lipinski definition) is 0. The van der Waals surface area contributed by atoms with E-state index in [9.17, 15) is 0 Å². The average Bonchev–Trinajstić information content (AvgIpc) is 3.20. The van der Waals surface area contributed by atoms with Gasteiger partial charge >= 0.3 is 6.98 Å². The van der Waals surface area contributed by atoms with E-state index in [1.807, 2.05) is 0 Å². The maximum absolute atomic E-state index is 2.64. The lowest BCUT2D eigenvalue weighted by Crippen LogP contribution is -2.57. The molecule has 0 atom stereocenters. The van der Waals surface area contributed by atoms with Crippen molar-refractivity contribution in [3.8, 4) is 0 Å². The molecule has 174 valence electrons. The van der Waals surface area contributed by atoms with E-state index in [-0.39, 0.29) is 6.98 Å². The Balaban J connectivity index is 1.77.